The van der Waals surface area contributed by atoms with Gasteiger partial charge in [-0.15, -0.1) is 0 Å². The molecule has 4 rings (SSSR count). The van der Waals surface area contributed by atoms with Crippen LogP contribution in [0.15, 0.2) is 48.5 Å². The van der Waals surface area contributed by atoms with Crippen LogP contribution in [0.3, 0.4) is 0 Å². The van der Waals surface area contributed by atoms with Crippen molar-refractivity contribution in [3.8, 4) is 5.75 Å². The predicted molar refractivity (Wildman–Crippen MR) is 112 cm³/mol. The minimum absolute atomic E-state index is 0.0464. The third kappa shape index (κ3) is 4.06. The summed E-state index contributed by atoms with van der Waals surface area (Å²) < 4.78 is 5.27. The van der Waals surface area contributed by atoms with E-state index in [1.54, 1.807) is 12.0 Å². The standard InChI is InChI=1S/C23H27N3O3/c1-29-20-12-8-17(9-13-20)21-5-3-2-4-15-26(21)22(27)18-6-10-19(11-7-18)25-16-14-24-23(25)28/h6-13,21H,2-5,14-16H2,1H3,(H,24,28)/t21-/m0/s1. The number of nitrogens with one attached hydrogen (secondary N) is 1. The summed E-state index contributed by atoms with van der Waals surface area (Å²) >= 11 is 0. The Morgan fingerprint density at radius 2 is 1.76 bits per heavy atom. The third-order valence-electron chi connectivity index (χ3n) is 5.80. The molecule has 3 amide bonds. The van der Waals surface area contributed by atoms with Crippen molar-refractivity contribution in [1.82, 2.24) is 10.2 Å². The van der Waals surface area contributed by atoms with Gasteiger partial charge in [0, 0.05) is 30.9 Å². The molecule has 0 aromatic heterocycles. The summed E-state index contributed by atoms with van der Waals surface area (Å²) in [5.74, 6) is 0.868. The maximum absolute atomic E-state index is 13.4. The van der Waals surface area contributed by atoms with Crippen molar-refractivity contribution in [2.75, 3.05) is 31.6 Å². The second-order valence-corrected chi connectivity index (χ2v) is 7.57. The zero-order valence-corrected chi connectivity index (χ0v) is 16.8. The lowest BCUT2D eigenvalue weighted by molar-refractivity contribution is 0.0681. The monoisotopic (exact) mass is 393 g/mol. The summed E-state index contributed by atoms with van der Waals surface area (Å²) in [6.07, 6.45) is 4.23. The van der Waals surface area contributed by atoms with E-state index in [4.69, 9.17) is 4.74 Å². The van der Waals surface area contributed by atoms with Gasteiger partial charge in [-0.05, 0) is 54.8 Å². The molecular formula is C23H27N3O3. The minimum Gasteiger partial charge on any atom is -0.497 e. The topological polar surface area (TPSA) is 61.9 Å². The van der Waals surface area contributed by atoms with E-state index in [-0.39, 0.29) is 18.0 Å². The van der Waals surface area contributed by atoms with Crippen molar-refractivity contribution in [2.24, 2.45) is 0 Å². The van der Waals surface area contributed by atoms with Gasteiger partial charge in [-0.2, -0.15) is 0 Å². The molecule has 0 bridgehead atoms. The Kier molecular flexibility index (Phi) is 5.69. The van der Waals surface area contributed by atoms with Crippen molar-refractivity contribution in [3.05, 3.63) is 59.7 Å². The van der Waals surface area contributed by atoms with Crippen molar-refractivity contribution in [3.63, 3.8) is 0 Å². The molecule has 0 aliphatic carbocycles. The fourth-order valence-corrected chi connectivity index (χ4v) is 4.19. The molecule has 1 atom stereocenters. The van der Waals surface area contributed by atoms with Crippen LogP contribution >= 0.6 is 0 Å². The van der Waals surface area contributed by atoms with Gasteiger partial charge >= 0.3 is 6.03 Å². The summed E-state index contributed by atoms with van der Waals surface area (Å²) in [6, 6.07) is 15.4. The van der Waals surface area contributed by atoms with E-state index >= 15 is 0 Å². The molecule has 2 fully saturated rings. The zero-order valence-electron chi connectivity index (χ0n) is 16.8. The van der Waals surface area contributed by atoms with Crippen molar-refractivity contribution in [1.29, 1.82) is 0 Å². The lowest BCUT2D eigenvalue weighted by Gasteiger charge is -2.31. The van der Waals surface area contributed by atoms with Crippen molar-refractivity contribution >= 4 is 17.6 Å². The molecule has 2 aliphatic heterocycles. The first-order chi connectivity index (χ1) is 14.2. The maximum atomic E-state index is 13.4. The van der Waals surface area contributed by atoms with Gasteiger partial charge in [0.05, 0.1) is 13.2 Å². The number of anilines is 1. The van der Waals surface area contributed by atoms with Gasteiger partial charge in [0.25, 0.3) is 5.91 Å². The number of hydrogen-bond donors (Lipinski definition) is 1. The molecule has 2 aromatic carbocycles. The molecule has 2 aliphatic rings. The number of carbonyl (C=O) groups excluding carboxylic acids is 2. The Balaban J connectivity index is 1.56. The number of nitrogens with zero attached hydrogens (tertiary/aromatic N) is 2. The predicted octanol–water partition coefficient (Wildman–Crippen LogP) is 3.98. The average molecular weight is 393 g/mol. The number of carbonyl (C=O) groups is 2. The number of amides is 3. The van der Waals surface area contributed by atoms with Crippen molar-refractivity contribution < 1.29 is 14.3 Å². The Morgan fingerprint density at radius 1 is 1.00 bits per heavy atom. The molecule has 29 heavy (non-hydrogen) atoms. The summed E-state index contributed by atoms with van der Waals surface area (Å²) in [5, 5.41) is 2.80. The highest BCUT2D eigenvalue weighted by atomic mass is 16.5. The second kappa shape index (κ2) is 8.55. The van der Waals surface area contributed by atoms with Crippen LogP contribution in [-0.2, 0) is 0 Å². The summed E-state index contributed by atoms with van der Waals surface area (Å²) in [5.41, 5.74) is 2.62. The number of methoxy groups -OCH3 is 1. The Bertz CT molecular complexity index is 864. The van der Waals surface area contributed by atoms with Crippen molar-refractivity contribution in [2.45, 2.75) is 31.7 Å². The van der Waals surface area contributed by atoms with Gasteiger partial charge < -0.3 is 15.0 Å². The van der Waals surface area contributed by atoms with E-state index in [1.165, 1.54) is 0 Å². The fourth-order valence-electron chi connectivity index (χ4n) is 4.19. The average Bonchev–Trinajstić information content (AvgIpc) is 3.05. The molecule has 0 unspecified atom stereocenters. The molecule has 0 saturated carbocycles. The fraction of sp³-hybridized carbons (Fsp3) is 0.391. The number of ether oxygens (including phenoxy) is 1. The third-order valence-corrected chi connectivity index (χ3v) is 5.80. The van der Waals surface area contributed by atoms with Gasteiger partial charge in [-0.1, -0.05) is 25.0 Å². The van der Waals surface area contributed by atoms with Crippen LogP contribution in [0.2, 0.25) is 0 Å². The van der Waals surface area contributed by atoms with E-state index in [0.717, 1.165) is 49.2 Å². The van der Waals surface area contributed by atoms with E-state index in [2.05, 4.69) is 17.4 Å². The van der Waals surface area contributed by atoms with E-state index in [9.17, 15) is 9.59 Å². The SMILES string of the molecule is COc1ccc([C@@H]2CCCCCN2C(=O)c2ccc(N3CCNC3=O)cc2)cc1. The summed E-state index contributed by atoms with van der Waals surface area (Å²) in [4.78, 5) is 28.9. The molecule has 6 nitrogen and oxygen atoms in total. The zero-order chi connectivity index (χ0) is 20.2. The molecular weight excluding hydrogens is 366 g/mol. The molecule has 6 heteroatoms. The Hall–Kier alpha value is -3.02. The molecule has 0 spiro atoms. The smallest absolute Gasteiger partial charge is 0.321 e. The highest BCUT2D eigenvalue weighted by Gasteiger charge is 2.28. The number of likely N-dealkylation sites (tertiary alicyclic amines) is 1. The van der Waals surface area contributed by atoms with Crippen LogP contribution < -0.4 is 15.0 Å². The quantitative estimate of drug-likeness (QED) is 0.855. The summed E-state index contributed by atoms with van der Waals surface area (Å²) in [7, 11) is 1.66. The van der Waals surface area contributed by atoms with Gasteiger partial charge in [-0.3, -0.25) is 9.69 Å². The first-order valence-corrected chi connectivity index (χ1v) is 10.3. The van der Waals surface area contributed by atoms with E-state index in [0.29, 0.717) is 18.7 Å². The summed E-state index contributed by atoms with van der Waals surface area (Å²) in [6.45, 7) is 2.06. The maximum Gasteiger partial charge on any atom is 0.321 e. The first kappa shape index (κ1) is 19.3. The van der Waals surface area contributed by atoms with Gasteiger partial charge in [0.2, 0.25) is 0 Å². The van der Waals surface area contributed by atoms with Crippen LogP contribution in [-0.4, -0.2) is 43.6 Å². The van der Waals surface area contributed by atoms with E-state index < -0.39 is 0 Å². The Labute approximate surface area is 171 Å². The molecule has 2 saturated heterocycles. The first-order valence-electron chi connectivity index (χ1n) is 10.3. The molecule has 0 radical (unpaired) electrons. The second-order valence-electron chi connectivity index (χ2n) is 7.57. The highest BCUT2D eigenvalue weighted by molar-refractivity contribution is 5.97. The molecule has 2 heterocycles. The van der Waals surface area contributed by atoms with Gasteiger partial charge in [0.15, 0.2) is 0 Å². The minimum atomic E-state index is -0.0869. The normalized spacial score (nSPS) is 19.6. The molecule has 2 aromatic rings. The van der Waals surface area contributed by atoms with E-state index in [1.807, 2.05) is 41.3 Å². The van der Waals surface area contributed by atoms with Crippen LogP contribution in [0.25, 0.3) is 0 Å². The lowest BCUT2D eigenvalue weighted by Crippen LogP contribution is -2.35. The van der Waals surface area contributed by atoms with Crippen LogP contribution in [0.1, 0.15) is 47.6 Å². The number of rotatable bonds is 4. The Morgan fingerprint density at radius 3 is 2.41 bits per heavy atom. The molecule has 152 valence electrons. The van der Waals surface area contributed by atoms with Gasteiger partial charge in [-0.25, -0.2) is 4.79 Å². The van der Waals surface area contributed by atoms with Gasteiger partial charge in [0.1, 0.15) is 5.75 Å². The molecule has 1 N–H and O–H groups in total. The van der Waals surface area contributed by atoms with Crippen LogP contribution in [0, 0.1) is 0 Å². The number of urea groups is 1. The number of hydrogen-bond acceptors (Lipinski definition) is 3. The van der Waals surface area contributed by atoms with Crippen LogP contribution in [0.5, 0.6) is 5.75 Å². The van der Waals surface area contributed by atoms with Crippen LogP contribution in [0.4, 0.5) is 10.5 Å². The highest BCUT2D eigenvalue weighted by Crippen LogP contribution is 2.32. The number of benzene rings is 2. The lowest BCUT2D eigenvalue weighted by atomic mass is 10.00. The largest absolute Gasteiger partial charge is 0.497 e.